The van der Waals surface area contributed by atoms with Crippen molar-refractivity contribution in [1.82, 2.24) is 4.98 Å². The molecule has 5 nitrogen and oxygen atoms in total. The molecule has 2 rings (SSSR count). The predicted molar refractivity (Wildman–Crippen MR) is 114 cm³/mol. The minimum atomic E-state index is -3.41. The van der Waals surface area contributed by atoms with Gasteiger partial charge >= 0.3 is 0 Å². The third-order valence-electron chi connectivity index (χ3n) is 5.05. The van der Waals surface area contributed by atoms with Crippen LogP contribution in [0.25, 0.3) is 0 Å². The number of hydrogen-bond acceptors (Lipinski definition) is 4. The number of sulfonamides is 1. The Labute approximate surface area is 164 Å². The Morgan fingerprint density at radius 1 is 1.11 bits per heavy atom. The van der Waals surface area contributed by atoms with Crippen LogP contribution in [0.1, 0.15) is 33.3 Å². The predicted octanol–water partition coefficient (Wildman–Crippen LogP) is 4.82. The van der Waals surface area contributed by atoms with E-state index in [0.717, 1.165) is 11.3 Å². The van der Waals surface area contributed by atoms with Gasteiger partial charge in [0.2, 0.25) is 18.3 Å². The fraction of sp³-hybridized carbons (Fsp3) is 0.450. The van der Waals surface area contributed by atoms with Crippen LogP contribution in [0, 0.1) is 0 Å². The molecule has 0 aliphatic rings. The van der Waals surface area contributed by atoms with E-state index in [1.165, 1.54) is 4.31 Å². The van der Waals surface area contributed by atoms with E-state index < -0.39 is 18.3 Å². The fourth-order valence-corrected chi connectivity index (χ4v) is 4.42. The van der Waals surface area contributed by atoms with E-state index in [-0.39, 0.29) is 17.3 Å². The largest absolute Gasteiger partial charge is 0.544 e. The van der Waals surface area contributed by atoms with Crippen LogP contribution < -0.4 is 8.73 Å². The SMILES string of the molecule is CCS(=O)(=O)N(Cc1cccnc1)c1ccc(O[Si](C)(C)C(C)(C)C)cc1. The minimum Gasteiger partial charge on any atom is -0.544 e. The molecule has 0 fully saturated rings. The second-order valence-electron chi connectivity index (χ2n) is 8.12. The van der Waals surface area contributed by atoms with Crippen molar-refractivity contribution in [2.45, 2.75) is 52.4 Å². The highest BCUT2D eigenvalue weighted by Crippen LogP contribution is 2.37. The number of anilines is 1. The molecule has 0 bridgehead atoms. The maximum absolute atomic E-state index is 12.6. The molecule has 0 aliphatic carbocycles. The zero-order valence-electron chi connectivity index (χ0n) is 17.1. The van der Waals surface area contributed by atoms with Crippen molar-refractivity contribution < 1.29 is 12.8 Å². The monoisotopic (exact) mass is 406 g/mol. The molecule has 1 aromatic heterocycles. The highest BCUT2D eigenvalue weighted by Gasteiger charge is 2.39. The Hall–Kier alpha value is -1.86. The standard InChI is InChI=1S/C20H30N2O3SSi/c1-7-26(23,24)22(16-17-9-8-14-21-15-17)18-10-12-19(13-11-18)25-27(5,6)20(2,3)4/h8-15H,7,16H2,1-6H3. The van der Waals surface area contributed by atoms with Crippen LogP contribution in [-0.2, 0) is 16.6 Å². The second kappa shape index (κ2) is 8.02. The number of rotatable bonds is 7. The lowest BCUT2D eigenvalue weighted by Crippen LogP contribution is -2.43. The summed E-state index contributed by atoms with van der Waals surface area (Å²) < 4.78 is 33.0. The van der Waals surface area contributed by atoms with Crippen LogP contribution in [0.4, 0.5) is 5.69 Å². The molecule has 27 heavy (non-hydrogen) atoms. The molecule has 148 valence electrons. The summed E-state index contributed by atoms with van der Waals surface area (Å²) in [4.78, 5) is 4.08. The molecule has 7 heteroatoms. The molecular formula is C20H30N2O3SSi. The normalized spacial score (nSPS) is 12.7. The lowest BCUT2D eigenvalue weighted by atomic mass is 10.2. The van der Waals surface area contributed by atoms with Gasteiger partial charge in [-0.3, -0.25) is 9.29 Å². The van der Waals surface area contributed by atoms with Crippen molar-refractivity contribution in [2.75, 3.05) is 10.1 Å². The van der Waals surface area contributed by atoms with E-state index in [0.29, 0.717) is 5.69 Å². The summed E-state index contributed by atoms with van der Waals surface area (Å²) in [6, 6.07) is 11.0. The number of nitrogens with zero attached hydrogens (tertiary/aromatic N) is 2. The van der Waals surface area contributed by atoms with Gasteiger partial charge in [-0.1, -0.05) is 26.8 Å². The molecule has 0 unspecified atom stereocenters. The smallest absolute Gasteiger partial charge is 0.250 e. The van der Waals surface area contributed by atoms with E-state index in [1.807, 2.05) is 36.4 Å². The van der Waals surface area contributed by atoms with Crippen molar-refractivity contribution in [1.29, 1.82) is 0 Å². The van der Waals surface area contributed by atoms with Crippen molar-refractivity contribution in [2.24, 2.45) is 0 Å². The first kappa shape index (κ1) is 21.4. The van der Waals surface area contributed by atoms with Crippen LogP contribution in [0.2, 0.25) is 18.1 Å². The molecule has 0 aliphatic heterocycles. The summed E-state index contributed by atoms with van der Waals surface area (Å²) in [5.41, 5.74) is 1.47. The Balaban J connectivity index is 2.29. The van der Waals surface area contributed by atoms with Crippen LogP contribution in [-0.4, -0.2) is 27.5 Å². The Bertz CT molecular complexity index is 845. The topological polar surface area (TPSA) is 59.5 Å². The van der Waals surface area contributed by atoms with E-state index in [2.05, 4.69) is 38.8 Å². The van der Waals surface area contributed by atoms with E-state index in [9.17, 15) is 8.42 Å². The quantitative estimate of drug-likeness (QED) is 0.618. The van der Waals surface area contributed by atoms with Gasteiger partial charge < -0.3 is 4.43 Å². The maximum atomic E-state index is 12.6. The molecule has 0 saturated heterocycles. The van der Waals surface area contributed by atoms with E-state index >= 15 is 0 Å². The van der Waals surface area contributed by atoms with Crippen LogP contribution in [0.3, 0.4) is 0 Å². The highest BCUT2D eigenvalue weighted by molar-refractivity contribution is 7.92. The maximum Gasteiger partial charge on any atom is 0.250 e. The Morgan fingerprint density at radius 3 is 2.22 bits per heavy atom. The highest BCUT2D eigenvalue weighted by atomic mass is 32.2. The van der Waals surface area contributed by atoms with Crippen molar-refractivity contribution in [3.8, 4) is 5.75 Å². The zero-order chi connectivity index (χ0) is 20.3. The van der Waals surface area contributed by atoms with Gasteiger partial charge in [-0.15, -0.1) is 0 Å². The van der Waals surface area contributed by atoms with Crippen molar-refractivity contribution >= 4 is 24.0 Å². The lowest BCUT2D eigenvalue weighted by Gasteiger charge is -2.36. The third kappa shape index (κ3) is 5.32. The lowest BCUT2D eigenvalue weighted by molar-refractivity contribution is 0.492. The van der Waals surface area contributed by atoms with E-state index in [1.54, 1.807) is 19.3 Å². The summed E-state index contributed by atoms with van der Waals surface area (Å²) in [6.45, 7) is 12.9. The first-order valence-corrected chi connectivity index (χ1v) is 13.7. The zero-order valence-corrected chi connectivity index (χ0v) is 18.9. The molecule has 1 aromatic carbocycles. The van der Waals surface area contributed by atoms with Gasteiger partial charge in [0.1, 0.15) is 5.75 Å². The molecule has 0 N–H and O–H groups in total. The van der Waals surface area contributed by atoms with Gasteiger partial charge in [-0.05, 0) is 61.0 Å². The van der Waals surface area contributed by atoms with Crippen molar-refractivity contribution in [3.63, 3.8) is 0 Å². The number of hydrogen-bond donors (Lipinski definition) is 0. The molecule has 0 atom stereocenters. The van der Waals surface area contributed by atoms with Crippen LogP contribution >= 0.6 is 0 Å². The van der Waals surface area contributed by atoms with Gasteiger partial charge in [-0.2, -0.15) is 0 Å². The van der Waals surface area contributed by atoms with Gasteiger partial charge in [0, 0.05) is 12.4 Å². The molecule has 0 saturated carbocycles. The molecule has 0 amide bonds. The second-order valence-corrected chi connectivity index (χ2v) is 15.0. The van der Waals surface area contributed by atoms with E-state index in [4.69, 9.17) is 4.43 Å². The minimum absolute atomic E-state index is 0.0372. The first-order chi connectivity index (χ1) is 12.5. The summed E-state index contributed by atoms with van der Waals surface area (Å²) in [7, 11) is -5.34. The van der Waals surface area contributed by atoms with Gasteiger partial charge in [0.05, 0.1) is 18.0 Å². The average molecular weight is 407 g/mol. The Morgan fingerprint density at radius 2 is 1.74 bits per heavy atom. The molecule has 0 radical (unpaired) electrons. The first-order valence-electron chi connectivity index (χ1n) is 9.15. The average Bonchev–Trinajstić information content (AvgIpc) is 2.60. The third-order valence-corrected chi connectivity index (χ3v) is 11.2. The molecule has 1 heterocycles. The summed E-state index contributed by atoms with van der Waals surface area (Å²) >= 11 is 0. The van der Waals surface area contributed by atoms with Gasteiger partial charge in [0.25, 0.3) is 0 Å². The van der Waals surface area contributed by atoms with Gasteiger partial charge in [0.15, 0.2) is 0 Å². The number of pyridine rings is 1. The summed E-state index contributed by atoms with van der Waals surface area (Å²) in [5.74, 6) is 0.815. The fourth-order valence-electron chi connectivity index (χ4n) is 2.29. The van der Waals surface area contributed by atoms with Crippen LogP contribution in [0.15, 0.2) is 48.8 Å². The molecular weight excluding hydrogens is 376 g/mol. The van der Waals surface area contributed by atoms with Crippen molar-refractivity contribution in [3.05, 3.63) is 54.4 Å². The Kier molecular flexibility index (Phi) is 6.37. The van der Waals surface area contributed by atoms with Gasteiger partial charge in [-0.25, -0.2) is 8.42 Å². The molecule has 0 spiro atoms. The molecule has 2 aromatic rings. The summed E-state index contributed by atoms with van der Waals surface area (Å²) in [6.07, 6.45) is 3.36. The summed E-state index contributed by atoms with van der Waals surface area (Å²) in [5, 5.41) is 0.101. The van der Waals surface area contributed by atoms with Crippen LogP contribution in [0.5, 0.6) is 5.75 Å². The number of benzene rings is 1. The number of aromatic nitrogens is 1.